The van der Waals surface area contributed by atoms with Crippen LogP contribution in [0.25, 0.3) is 0 Å². The zero-order valence-corrected chi connectivity index (χ0v) is 11.0. The van der Waals surface area contributed by atoms with Gasteiger partial charge < -0.3 is 16.3 Å². The van der Waals surface area contributed by atoms with E-state index in [0.717, 1.165) is 32.4 Å². The minimum Gasteiger partial charge on any atom is -0.409 e. The molecule has 4 heteroatoms. The van der Waals surface area contributed by atoms with E-state index in [0.29, 0.717) is 12.3 Å². The van der Waals surface area contributed by atoms with Crippen LogP contribution in [0.3, 0.4) is 0 Å². The molecule has 0 aliphatic heterocycles. The van der Waals surface area contributed by atoms with Crippen molar-refractivity contribution in [3.63, 3.8) is 0 Å². The molecule has 0 aliphatic rings. The van der Waals surface area contributed by atoms with Crippen LogP contribution in [-0.2, 0) is 13.0 Å². The molecular weight excluding hydrogens is 226 g/mol. The average Bonchev–Trinajstić information content (AvgIpc) is 2.42. The standard InChI is InChI=1S/C14H23N3O/c1-2-12-7-3-4-8-13(12)11-16-10-6-5-9-14(15)17-18/h3-4,7-8,16,18H,2,5-6,9-11H2,1H3,(H2,15,17). The Bertz CT molecular complexity index is 377. The summed E-state index contributed by atoms with van der Waals surface area (Å²) in [5.41, 5.74) is 8.17. The minimum absolute atomic E-state index is 0.311. The van der Waals surface area contributed by atoms with E-state index in [-0.39, 0.29) is 0 Å². The van der Waals surface area contributed by atoms with Crippen LogP contribution in [0.5, 0.6) is 0 Å². The maximum absolute atomic E-state index is 8.39. The molecule has 18 heavy (non-hydrogen) atoms. The predicted octanol–water partition coefficient (Wildman–Crippen LogP) is 2.26. The van der Waals surface area contributed by atoms with Gasteiger partial charge in [0, 0.05) is 13.0 Å². The Kier molecular flexibility index (Phi) is 6.87. The van der Waals surface area contributed by atoms with Gasteiger partial charge in [-0.2, -0.15) is 0 Å². The molecule has 4 N–H and O–H groups in total. The lowest BCUT2D eigenvalue weighted by Gasteiger charge is -2.09. The molecule has 0 radical (unpaired) electrons. The first kappa shape index (κ1) is 14.5. The summed E-state index contributed by atoms with van der Waals surface area (Å²) >= 11 is 0. The van der Waals surface area contributed by atoms with E-state index >= 15 is 0 Å². The molecule has 0 amide bonds. The molecule has 0 fully saturated rings. The Hall–Kier alpha value is -1.55. The van der Waals surface area contributed by atoms with Crippen LogP contribution in [0.2, 0.25) is 0 Å². The molecule has 4 nitrogen and oxygen atoms in total. The predicted molar refractivity (Wildman–Crippen MR) is 74.8 cm³/mol. The van der Waals surface area contributed by atoms with Gasteiger partial charge in [0.05, 0.1) is 0 Å². The van der Waals surface area contributed by atoms with Crippen molar-refractivity contribution in [1.29, 1.82) is 0 Å². The van der Waals surface area contributed by atoms with Gasteiger partial charge in [0.1, 0.15) is 5.84 Å². The summed E-state index contributed by atoms with van der Waals surface area (Å²) in [5.74, 6) is 0.311. The summed E-state index contributed by atoms with van der Waals surface area (Å²) in [6.45, 7) is 4.04. The third-order valence-electron chi connectivity index (χ3n) is 2.98. The molecule has 0 saturated heterocycles. The molecule has 1 rings (SSSR count). The molecule has 0 heterocycles. The fourth-order valence-electron chi connectivity index (χ4n) is 1.90. The van der Waals surface area contributed by atoms with Crippen LogP contribution in [-0.4, -0.2) is 17.6 Å². The number of aryl methyl sites for hydroxylation is 1. The Morgan fingerprint density at radius 3 is 2.67 bits per heavy atom. The first-order valence-electron chi connectivity index (χ1n) is 6.51. The zero-order chi connectivity index (χ0) is 13.2. The number of rotatable bonds is 8. The van der Waals surface area contributed by atoms with Crippen molar-refractivity contribution in [3.8, 4) is 0 Å². The van der Waals surface area contributed by atoms with Crippen molar-refractivity contribution >= 4 is 5.84 Å². The maximum Gasteiger partial charge on any atom is 0.139 e. The number of oxime groups is 1. The van der Waals surface area contributed by atoms with Crippen molar-refractivity contribution in [2.75, 3.05) is 6.54 Å². The van der Waals surface area contributed by atoms with E-state index in [1.165, 1.54) is 11.1 Å². The summed E-state index contributed by atoms with van der Waals surface area (Å²) in [5, 5.41) is 14.8. The van der Waals surface area contributed by atoms with Crippen molar-refractivity contribution in [1.82, 2.24) is 5.32 Å². The third kappa shape index (κ3) is 5.19. The number of benzene rings is 1. The second-order valence-electron chi connectivity index (χ2n) is 4.35. The monoisotopic (exact) mass is 249 g/mol. The number of amidine groups is 1. The lowest BCUT2D eigenvalue weighted by atomic mass is 10.1. The molecule has 1 aromatic rings. The van der Waals surface area contributed by atoms with Gasteiger partial charge in [-0.3, -0.25) is 0 Å². The zero-order valence-electron chi connectivity index (χ0n) is 11.0. The Morgan fingerprint density at radius 1 is 1.28 bits per heavy atom. The molecule has 0 spiro atoms. The average molecular weight is 249 g/mol. The van der Waals surface area contributed by atoms with Gasteiger partial charge in [-0.25, -0.2) is 0 Å². The Balaban J connectivity index is 2.18. The molecule has 1 aromatic carbocycles. The number of nitrogens with zero attached hydrogens (tertiary/aromatic N) is 1. The van der Waals surface area contributed by atoms with Gasteiger partial charge in [-0.1, -0.05) is 36.3 Å². The van der Waals surface area contributed by atoms with E-state index < -0.39 is 0 Å². The fraction of sp³-hybridized carbons (Fsp3) is 0.500. The Morgan fingerprint density at radius 2 is 2.00 bits per heavy atom. The normalized spacial score (nSPS) is 11.7. The summed E-state index contributed by atoms with van der Waals surface area (Å²) in [6.07, 6.45) is 3.70. The van der Waals surface area contributed by atoms with Crippen molar-refractivity contribution in [2.45, 2.75) is 39.2 Å². The maximum atomic E-state index is 8.39. The first-order chi connectivity index (χ1) is 8.77. The van der Waals surface area contributed by atoms with Crippen LogP contribution >= 0.6 is 0 Å². The summed E-state index contributed by atoms with van der Waals surface area (Å²) in [4.78, 5) is 0. The van der Waals surface area contributed by atoms with Crippen LogP contribution in [0.15, 0.2) is 29.4 Å². The van der Waals surface area contributed by atoms with Crippen LogP contribution < -0.4 is 11.1 Å². The highest BCUT2D eigenvalue weighted by Crippen LogP contribution is 2.08. The van der Waals surface area contributed by atoms with E-state index in [1.807, 2.05) is 0 Å². The summed E-state index contributed by atoms with van der Waals surface area (Å²) < 4.78 is 0. The fourth-order valence-corrected chi connectivity index (χ4v) is 1.90. The molecular formula is C14H23N3O. The van der Waals surface area contributed by atoms with Gasteiger partial charge in [0.15, 0.2) is 0 Å². The molecule has 100 valence electrons. The molecule has 0 bridgehead atoms. The van der Waals surface area contributed by atoms with Crippen molar-refractivity contribution in [3.05, 3.63) is 35.4 Å². The molecule has 0 saturated carbocycles. The van der Waals surface area contributed by atoms with Crippen LogP contribution in [0.1, 0.15) is 37.3 Å². The lowest BCUT2D eigenvalue weighted by molar-refractivity contribution is 0.316. The van der Waals surface area contributed by atoms with Crippen molar-refractivity contribution < 1.29 is 5.21 Å². The Labute approximate surface area is 109 Å². The van der Waals surface area contributed by atoms with E-state index in [2.05, 4.69) is 41.7 Å². The first-order valence-corrected chi connectivity index (χ1v) is 6.51. The molecule has 0 aliphatic carbocycles. The second kappa shape index (κ2) is 8.53. The van der Waals surface area contributed by atoms with Gasteiger partial charge in [0.25, 0.3) is 0 Å². The minimum atomic E-state index is 0.311. The van der Waals surface area contributed by atoms with Gasteiger partial charge in [0.2, 0.25) is 0 Å². The lowest BCUT2D eigenvalue weighted by Crippen LogP contribution is -2.17. The summed E-state index contributed by atoms with van der Waals surface area (Å²) in [7, 11) is 0. The largest absolute Gasteiger partial charge is 0.409 e. The van der Waals surface area contributed by atoms with E-state index in [1.54, 1.807) is 0 Å². The van der Waals surface area contributed by atoms with Gasteiger partial charge in [-0.15, -0.1) is 0 Å². The SMILES string of the molecule is CCc1ccccc1CNCCCCC(N)=NO. The van der Waals surface area contributed by atoms with Gasteiger partial charge in [-0.05, 0) is 36.9 Å². The van der Waals surface area contributed by atoms with Crippen LogP contribution in [0, 0.1) is 0 Å². The highest BCUT2D eigenvalue weighted by Gasteiger charge is 1.99. The molecule has 0 unspecified atom stereocenters. The van der Waals surface area contributed by atoms with E-state index in [4.69, 9.17) is 10.9 Å². The molecule has 0 atom stereocenters. The number of nitrogens with two attached hydrogens (primary N) is 1. The highest BCUT2D eigenvalue weighted by molar-refractivity contribution is 5.79. The van der Waals surface area contributed by atoms with Gasteiger partial charge >= 0.3 is 0 Å². The number of unbranched alkanes of at least 4 members (excludes halogenated alkanes) is 1. The topological polar surface area (TPSA) is 70.6 Å². The van der Waals surface area contributed by atoms with Crippen LogP contribution in [0.4, 0.5) is 0 Å². The summed E-state index contributed by atoms with van der Waals surface area (Å²) in [6, 6.07) is 8.51. The quantitative estimate of drug-likeness (QED) is 0.217. The van der Waals surface area contributed by atoms with Crippen molar-refractivity contribution in [2.24, 2.45) is 10.9 Å². The van der Waals surface area contributed by atoms with E-state index in [9.17, 15) is 0 Å². The number of nitrogens with one attached hydrogen (secondary N) is 1. The smallest absolute Gasteiger partial charge is 0.139 e. The highest BCUT2D eigenvalue weighted by atomic mass is 16.4. The second-order valence-corrected chi connectivity index (χ2v) is 4.35. The third-order valence-corrected chi connectivity index (χ3v) is 2.98. The number of hydrogen-bond donors (Lipinski definition) is 3. The number of hydrogen-bond acceptors (Lipinski definition) is 3. The molecule has 0 aromatic heterocycles.